The van der Waals surface area contributed by atoms with E-state index in [0.29, 0.717) is 37.6 Å². The summed E-state index contributed by atoms with van der Waals surface area (Å²) in [6.07, 6.45) is 4.14. The van der Waals surface area contributed by atoms with Crippen LogP contribution in [0.25, 0.3) is 0 Å². The number of amides is 2. The van der Waals surface area contributed by atoms with Crippen LogP contribution in [0, 0.1) is 11.8 Å². The molecule has 6 heteroatoms. The fourth-order valence-electron chi connectivity index (χ4n) is 4.08. The van der Waals surface area contributed by atoms with Gasteiger partial charge in [-0.3, -0.25) is 9.59 Å². The largest absolute Gasteiger partial charge is 0.356 e. The number of rotatable bonds is 7. The summed E-state index contributed by atoms with van der Waals surface area (Å²) in [6.45, 7) is 6.34. The predicted molar refractivity (Wildman–Crippen MR) is 110 cm³/mol. The van der Waals surface area contributed by atoms with Gasteiger partial charge in [-0.1, -0.05) is 31.2 Å². The standard InChI is InChI=1S/C21H31N3O2.ClH/c1-16(17-8-11-22-12-9-17)13-20(25)23-10-4-7-21(26)24-14-18-5-2-3-6-19(18)15-24;/h2-3,5-6,16-17,22H,4,7-15H2,1H3,(H,23,25);1H. The van der Waals surface area contributed by atoms with Gasteiger partial charge < -0.3 is 15.5 Å². The third-order valence-electron chi connectivity index (χ3n) is 5.78. The topological polar surface area (TPSA) is 61.4 Å². The third-order valence-corrected chi connectivity index (χ3v) is 5.78. The minimum Gasteiger partial charge on any atom is -0.356 e. The van der Waals surface area contributed by atoms with E-state index < -0.39 is 0 Å². The molecule has 27 heavy (non-hydrogen) atoms. The van der Waals surface area contributed by atoms with Crippen molar-refractivity contribution in [2.45, 2.75) is 52.1 Å². The number of carbonyl (C=O) groups excluding carboxylic acids is 2. The molecule has 1 atom stereocenters. The Morgan fingerprint density at radius 2 is 1.81 bits per heavy atom. The minimum absolute atomic E-state index is 0. The number of fused-ring (bicyclic) bond motifs is 1. The van der Waals surface area contributed by atoms with Crippen LogP contribution in [0.4, 0.5) is 0 Å². The molecule has 5 nitrogen and oxygen atoms in total. The molecule has 1 saturated heterocycles. The van der Waals surface area contributed by atoms with Crippen molar-refractivity contribution in [3.8, 4) is 0 Å². The Labute approximate surface area is 168 Å². The first-order valence-electron chi connectivity index (χ1n) is 9.95. The summed E-state index contributed by atoms with van der Waals surface area (Å²) in [5.41, 5.74) is 2.50. The molecule has 2 aliphatic heterocycles. The molecule has 1 aromatic carbocycles. The quantitative estimate of drug-likeness (QED) is 0.700. The zero-order valence-electron chi connectivity index (χ0n) is 16.2. The summed E-state index contributed by atoms with van der Waals surface area (Å²) >= 11 is 0. The zero-order chi connectivity index (χ0) is 18.4. The van der Waals surface area contributed by atoms with Crippen LogP contribution in [0.2, 0.25) is 0 Å². The van der Waals surface area contributed by atoms with Gasteiger partial charge in [-0.05, 0) is 55.3 Å². The minimum atomic E-state index is 0. The highest BCUT2D eigenvalue weighted by Gasteiger charge is 2.23. The summed E-state index contributed by atoms with van der Waals surface area (Å²) in [5.74, 6) is 1.39. The molecule has 1 aromatic rings. The van der Waals surface area contributed by atoms with Gasteiger partial charge in [0.2, 0.25) is 11.8 Å². The van der Waals surface area contributed by atoms with Gasteiger partial charge >= 0.3 is 0 Å². The van der Waals surface area contributed by atoms with Crippen molar-refractivity contribution in [2.75, 3.05) is 19.6 Å². The maximum Gasteiger partial charge on any atom is 0.223 e. The fraction of sp³-hybridized carbons (Fsp3) is 0.619. The number of nitrogens with one attached hydrogen (secondary N) is 2. The first-order chi connectivity index (χ1) is 12.6. The van der Waals surface area contributed by atoms with Crippen LogP contribution >= 0.6 is 12.4 Å². The molecule has 0 aliphatic carbocycles. The molecule has 2 aliphatic rings. The van der Waals surface area contributed by atoms with Crippen molar-refractivity contribution in [3.63, 3.8) is 0 Å². The Morgan fingerprint density at radius 3 is 2.44 bits per heavy atom. The molecule has 1 fully saturated rings. The van der Waals surface area contributed by atoms with E-state index in [1.54, 1.807) is 0 Å². The molecule has 150 valence electrons. The molecule has 0 radical (unpaired) electrons. The zero-order valence-corrected chi connectivity index (χ0v) is 17.0. The van der Waals surface area contributed by atoms with Gasteiger partial charge in [0, 0.05) is 32.5 Å². The Hall–Kier alpha value is -1.59. The van der Waals surface area contributed by atoms with Crippen molar-refractivity contribution in [1.82, 2.24) is 15.5 Å². The van der Waals surface area contributed by atoms with Crippen LogP contribution < -0.4 is 10.6 Å². The SMILES string of the molecule is CC(CC(=O)NCCCC(=O)N1Cc2ccccc2C1)C1CCNCC1.Cl. The summed E-state index contributed by atoms with van der Waals surface area (Å²) in [7, 11) is 0. The second kappa shape index (κ2) is 10.7. The molecule has 1 unspecified atom stereocenters. The van der Waals surface area contributed by atoms with Crippen LogP contribution in [0.5, 0.6) is 0 Å². The highest BCUT2D eigenvalue weighted by atomic mass is 35.5. The van der Waals surface area contributed by atoms with Gasteiger partial charge in [0.25, 0.3) is 0 Å². The molecule has 2 amide bonds. The fourth-order valence-corrected chi connectivity index (χ4v) is 4.08. The predicted octanol–water partition coefficient (Wildman–Crippen LogP) is 2.87. The molecule has 2 N–H and O–H groups in total. The highest BCUT2D eigenvalue weighted by Crippen LogP contribution is 2.24. The number of carbonyl (C=O) groups is 2. The van der Waals surface area contributed by atoms with Crippen LogP contribution in [-0.2, 0) is 22.7 Å². The van der Waals surface area contributed by atoms with Crippen LogP contribution in [0.15, 0.2) is 24.3 Å². The van der Waals surface area contributed by atoms with E-state index in [9.17, 15) is 9.59 Å². The molecule has 0 spiro atoms. The van der Waals surface area contributed by atoms with E-state index in [1.165, 1.54) is 24.0 Å². The summed E-state index contributed by atoms with van der Waals surface area (Å²) in [6, 6.07) is 8.22. The number of piperidine rings is 1. The number of hydrogen-bond acceptors (Lipinski definition) is 3. The molecular weight excluding hydrogens is 362 g/mol. The van der Waals surface area contributed by atoms with E-state index in [2.05, 4.69) is 29.7 Å². The lowest BCUT2D eigenvalue weighted by molar-refractivity contribution is -0.132. The average molecular weight is 394 g/mol. The monoisotopic (exact) mass is 393 g/mol. The van der Waals surface area contributed by atoms with Crippen LogP contribution in [0.1, 0.15) is 50.2 Å². The average Bonchev–Trinajstić information content (AvgIpc) is 3.10. The second-order valence-electron chi connectivity index (χ2n) is 7.74. The Kier molecular flexibility index (Phi) is 8.58. The Balaban J connectivity index is 0.00000261. The molecular formula is C21H32ClN3O2. The van der Waals surface area contributed by atoms with Crippen LogP contribution in [-0.4, -0.2) is 36.3 Å². The number of nitrogens with zero attached hydrogens (tertiary/aromatic N) is 1. The summed E-state index contributed by atoms with van der Waals surface area (Å²) < 4.78 is 0. The first-order valence-corrected chi connectivity index (χ1v) is 9.95. The molecule has 0 bridgehead atoms. The number of benzene rings is 1. The van der Waals surface area contributed by atoms with E-state index in [0.717, 1.165) is 26.2 Å². The van der Waals surface area contributed by atoms with Crippen LogP contribution in [0.3, 0.4) is 0 Å². The van der Waals surface area contributed by atoms with Crippen molar-refractivity contribution in [2.24, 2.45) is 11.8 Å². The van der Waals surface area contributed by atoms with E-state index in [4.69, 9.17) is 0 Å². The molecule has 0 saturated carbocycles. The molecule has 0 aromatic heterocycles. The van der Waals surface area contributed by atoms with Gasteiger partial charge in [0.15, 0.2) is 0 Å². The maximum atomic E-state index is 12.4. The van der Waals surface area contributed by atoms with Crippen molar-refractivity contribution < 1.29 is 9.59 Å². The lowest BCUT2D eigenvalue weighted by Gasteiger charge is -2.27. The third kappa shape index (κ3) is 6.22. The Bertz CT molecular complexity index is 607. The van der Waals surface area contributed by atoms with Gasteiger partial charge in [-0.15, -0.1) is 12.4 Å². The van der Waals surface area contributed by atoms with E-state index in [-0.39, 0.29) is 24.2 Å². The van der Waals surface area contributed by atoms with Gasteiger partial charge in [0.1, 0.15) is 0 Å². The van der Waals surface area contributed by atoms with Crippen molar-refractivity contribution >= 4 is 24.2 Å². The number of halogens is 1. The van der Waals surface area contributed by atoms with E-state index in [1.807, 2.05) is 17.0 Å². The van der Waals surface area contributed by atoms with Gasteiger partial charge in [-0.2, -0.15) is 0 Å². The smallest absolute Gasteiger partial charge is 0.223 e. The second-order valence-corrected chi connectivity index (χ2v) is 7.74. The normalized spacial score (nSPS) is 17.7. The first kappa shape index (κ1) is 21.7. The summed E-state index contributed by atoms with van der Waals surface area (Å²) in [4.78, 5) is 26.4. The van der Waals surface area contributed by atoms with Crippen molar-refractivity contribution in [3.05, 3.63) is 35.4 Å². The lowest BCUT2D eigenvalue weighted by atomic mass is 9.84. The maximum absolute atomic E-state index is 12.4. The highest BCUT2D eigenvalue weighted by molar-refractivity contribution is 5.85. The van der Waals surface area contributed by atoms with Crippen molar-refractivity contribution in [1.29, 1.82) is 0 Å². The molecule has 2 heterocycles. The molecule has 3 rings (SSSR count). The Morgan fingerprint density at radius 1 is 1.19 bits per heavy atom. The lowest BCUT2D eigenvalue weighted by Crippen LogP contribution is -2.34. The number of hydrogen-bond donors (Lipinski definition) is 2. The van der Waals surface area contributed by atoms with E-state index >= 15 is 0 Å². The summed E-state index contributed by atoms with van der Waals surface area (Å²) in [5, 5.41) is 6.36. The van der Waals surface area contributed by atoms with Gasteiger partial charge in [0.05, 0.1) is 0 Å². The van der Waals surface area contributed by atoms with Gasteiger partial charge in [-0.25, -0.2) is 0 Å².